The Morgan fingerprint density at radius 2 is 1.90 bits per heavy atom. The molecule has 1 N–H and O–H groups in total. The van der Waals surface area contributed by atoms with Gasteiger partial charge in [0.15, 0.2) is 0 Å². The standard InChI is InChI=1S/C16H22ClNO2/c1-3-7-16(8-4-2)13-11-12(17)5-6-14(13)18(9-10-19)15(16)20/h5-6,11,19H,3-4,7-10H2,1-2H3. The van der Waals surface area contributed by atoms with Gasteiger partial charge >= 0.3 is 0 Å². The number of hydrogen-bond donors (Lipinski definition) is 1. The molecule has 0 bridgehead atoms. The topological polar surface area (TPSA) is 40.5 Å². The Bertz CT molecular complexity index is 495. The van der Waals surface area contributed by atoms with Crippen LogP contribution in [0.1, 0.15) is 45.1 Å². The molecule has 1 aliphatic rings. The molecule has 0 atom stereocenters. The number of hydrogen-bond acceptors (Lipinski definition) is 2. The number of fused-ring (bicyclic) bond motifs is 1. The Morgan fingerprint density at radius 1 is 1.25 bits per heavy atom. The van der Waals surface area contributed by atoms with Gasteiger partial charge in [0.05, 0.1) is 12.0 Å². The van der Waals surface area contributed by atoms with Gasteiger partial charge in [-0.05, 0) is 36.6 Å². The number of nitrogens with zero attached hydrogens (tertiary/aromatic N) is 1. The summed E-state index contributed by atoms with van der Waals surface area (Å²) in [4.78, 5) is 14.7. The number of rotatable bonds is 6. The van der Waals surface area contributed by atoms with Crippen LogP contribution >= 0.6 is 11.6 Å². The molecule has 0 unspecified atom stereocenters. The van der Waals surface area contributed by atoms with Crippen LogP contribution in [0.25, 0.3) is 0 Å². The van der Waals surface area contributed by atoms with Crippen LogP contribution in [0.3, 0.4) is 0 Å². The van der Waals surface area contributed by atoms with Gasteiger partial charge in [-0.15, -0.1) is 0 Å². The first kappa shape index (κ1) is 15.3. The van der Waals surface area contributed by atoms with Crippen molar-refractivity contribution in [3.8, 4) is 0 Å². The summed E-state index contributed by atoms with van der Waals surface area (Å²) in [5.74, 6) is 0.118. The third kappa shape index (κ3) is 2.33. The maximum Gasteiger partial charge on any atom is 0.237 e. The smallest absolute Gasteiger partial charge is 0.237 e. The van der Waals surface area contributed by atoms with Crippen molar-refractivity contribution < 1.29 is 9.90 Å². The summed E-state index contributed by atoms with van der Waals surface area (Å²) in [7, 11) is 0. The van der Waals surface area contributed by atoms with E-state index >= 15 is 0 Å². The first-order valence-electron chi connectivity index (χ1n) is 7.33. The molecule has 0 spiro atoms. The molecule has 0 radical (unpaired) electrons. The summed E-state index contributed by atoms with van der Waals surface area (Å²) in [5, 5.41) is 9.90. The molecule has 0 saturated carbocycles. The number of carbonyl (C=O) groups is 1. The summed E-state index contributed by atoms with van der Waals surface area (Å²) < 4.78 is 0. The lowest BCUT2D eigenvalue weighted by Gasteiger charge is -2.28. The minimum atomic E-state index is -0.459. The molecule has 0 aromatic heterocycles. The number of anilines is 1. The summed E-state index contributed by atoms with van der Waals surface area (Å²) in [6, 6.07) is 5.64. The van der Waals surface area contributed by atoms with Crippen molar-refractivity contribution in [2.45, 2.75) is 44.9 Å². The highest BCUT2D eigenvalue weighted by atomic mass is 35.5. The van der Waals surface area contributed by atoms with E-state index in [1.807, 2.05) is 18.2 Å². The number of aliphatic hydroxyl groups is 1. The highest BCUT2D eigenvalue weighted by molar-refractivity contribution is 6.31. The van der Waals surface area contributed by atoms with Crippen LogP contribution in [0.4, 0.5) is 5.69 Å². The monoisotopic (exact) mass is 295 g/mol. The van der Waals surface area contributed by atoms with Crippen LogP contribution in [-0.4, -0.2) is 24.2 Å². The second-order valence-corrected chi connectivity index (χ2v) is 5.86. The normalized spacial score (nSPS) is 16.6. The number of β-amino-alcohol motifs (C(OH)–C–C–N with tert-alkyl or cyclic N) is 1. The predicted molar refractivity (Wildman–Crippen MR) is 82.4 cm³/mol. The van der Waals surface area contributed by atoms with Gasteiger partial charge in [-0.3, -0.25) is 4.79 Å². The Labute approximate surface area is 125 Å². The lowest BCUT2D eigenvalue weighted by molar-refractivity contribution is -0.123. The van der Waals surface area contributed by atoms with Crippen molar-refractivity contribution in [2.75, 3.05) is 18.1 Å². The second-order valence-electron chi connectivity index (χ2n) is 5.42. The van der Waals surface area contributed by atoms with Crippen molar-refractivity contribution >= 4 is 23.2 Å². The zero-order valence-corrected chi connectivity index (χ0v) is 12.9. The number of halogens is 1. The maximum absolute atomic E-state index is 12.9. The van der Waals surface area contributed by atoms with Crippen LogP contribution in [-0.2, 0) is 10.2 Å². The molecule has 0 fully saturated rings. The molecule has 1 aliphatic heterocycles. The first-order chi connectivity index (χ1) is 9.60. The lowest BCUT2D eigenvalue weighted by atomic mass is 9.74. The van der Waals surface area contributed by atoms with Crippen molar-refractivity contribution in [1.29, 1.82) is 0 Å². The maximum atomic E-state index is 12.9. The van der Waals surface area contributed by atoms with Gasteiger partial charge in [0, 0.05) is 17.3 Å². The van der Waals surface area contributed by atoms with Crippen LogP contribution in [0, 0.1) is 0 Å². The number of benzene rings is 1. The van der Waals surface area contributed by atoms with Gasteiger partial charge in [-0.1, -0.05) is 38.3 Å². The van der Waals surface area contributed by atoms with Crippen LogP contribution < -0.4 is 4.90 Å². The van der Waals surface area contributed by atoms with Gasteiger partial charge in [0.2, 0.25) is 5.91 Å². The number of amides is 1. The van der Waals surface area contributed by atoms with Crippen molar-refractivity contribution in [2.24, 2.45) is 0 Å². The Balaban J connectivity index is 2.57. The molecule has 2 rings (SSSR count). The number of aliphatic hydroxyl groups excluding tert-OH is 1. The van der Waals surface area contributed by atoms with E-state index < -0.39 is 5.41 Å². The predicted octanol–water partition coefficient (Wildman–Crippen LogP) is 3.52. The molecule has 0 saturated heterocycles. The summed E-state index contributed by atoms with van der Waals surface area (Å²) >= 11 is 6.14. The summed E-state index contributed by atoms with van der Waals surface area (Å²) in [6.45, 7) is 4.53. The highest BCUT2D eigenvalue weighted by Gasteiger charge is 2.49. The molecule has 1 aromatic carbocycles. The second kappa shape index (κ2) is 6.15. The van der Waals surface area contributed by atoms with Crippen LogP contribution in [0.2, 0.25) is 5.02 Å². The quantitative estimate of drug-likeness (QED) is 0.872. The fraction of sp³-hybridized carbons (Fsp3) is 0.562. The summed E-state index contributed by atoms with van der Waals surface area (Å²) in [5.41, 5.74) is 1.49. The van der Waals surface area contributed by atoms with E-state index in [1.165, 1.54) is 0 Å². The van der Waals surface area contributed by atoms with Gasteiger partial charge in [0.1, 0.15) is 0 Å². The van der Waals surface area contributed by atoms with Gasteiger partial charge < -0.3 is 10.0 Å². The largest absolute Gasteiger partial charge is 0.395 e. The Kier molecular flexibility index (Phi) is 4.71. The average Bonchev–Trinajstić information content (AvgIpc) is 2.63. The van der Waals surface area contributed by atoms with Gasteiger partial charge in [-0.2, -0.15) is 0 Å². The average molecular weight is 296 g/mol. The number of carbonyl (C=O) groups excluding carboxylic acids is 1. The minimum Gasteiger partial charge on any atom is -0.395 e. The first-order valence-corrected chi connectivity index (χ1v) is 7.71. The van der Waals surface area contributed by atoms with E-state index in [2.05, 4.69) is 13.8 Å². The fourth-order valence-corrected chi connectivity index (χ4v) is 3.57. The van der Waals surface area contributed by atoms with E-state index in [4.69, 9.17) is 11.6 Å². The van der Waals surface area contributed by atoms with Gasteiger partial charge in [-0.25, -0.2) is 0 Å². The molecule has 1 aromatic rings. The third-order valence-electron chi connectivity index (χ3n) is 4.10. The van der Waals surface area contributed by atoms with Crippen molar-refractivity contribution in [3.05, 3.63) is 28.8 Å². The molecule has 1 heterocycles. The van der Waals surface area contributed by atoms with Crippen molar-refractivity contribution in [1.82, 2.24) is 0 Å². The lowest BCUT2D eigenvalue weighted by Crippen LogP contribution is -2.41. The van der Waals surface area contributed by atoms with Crippen LogP contribution in [0.5, 0.6) is 0 Å². The SMILES string of the molecule is CCCC1(CCC)C(=O)N(CCO)c2ccc(Cl)cc21. The van der Waals surface area contributed by atoms with E-state index in [9.17, 15) is 9.90 Å². The van der Waals surface area contributed by atoms with E-state index in [-0.39, 0.29) is 12.5 Å². The Hall–Kier alpha value is -1.06. The fourth-order valence-electron chi connectivity index (χ4n) is 3.39. The third-order valence-corrected chi connectivity index (χ3v) is 4.33. The zero-order valence-electron chi connectivity index (χ0n) is 12.2. The van der Waals surface area contributed by atoms with Crippen LogP contribution in [0.15, 0.2) is 18.2 Å². The molecule has 0 aliphatic carbocycles. The molecule has 4 heteroatoms. The highest BCUT2D eigenvalue weighted by Crippen LogP contribution is 2.48. The van der Waals surface area contributed by atoms with E-state index in [0.29, 0.717) is 11.6 Å². The molecular formula is C16H22ClNO2. The molecule has 3 nitrogen and oxygen atoms in total. The van der Waals surface area contributed by atoms with E-state index in [0.717, 1.165) is 36.9 Å². The zero-order chi connectivity index (χ0) is 14.8. The minimum absolute atomic E-state index is 0.0257. The van der Waals surface area contributed by atoms with Crippen molar-refractivity contribution in [3.63, 3.8) is 0 Å². The molecule has 1 amide bonds. The molecular weight excluding hydrogens is 274 g/mol. The Morgan fingerprint density at radius 3 is 2.45 bits per heavy atom. The molecule has 110 valence electrons. The molecule has 20 heavy (non-hydrogen) atoms. The van der Waals surface area contributed by atoms with Gasteiger partial charge in [0.25, 0.3) is 0 Å². The summed E-state index contributed by atoms with van der Waals surface area (Å²) in [6.07, 6.45) is 3.55. The van der Waals surface area contributed by atoms with E-state index in [1.54, 1.807) is 4.90 Å².